The van der Waals surface area contributed by atoms with Crippen molar-refractivity contribution < 1.29 is 22.0 Å². The summed E-state index contributed by atoms with van der Waals surface area (Å²) in [6.07, 6.45) is -3.85. The molecule has 0 fully saturated rings. The Morgan fingerprint density at radius 2 is 2.22 bits per heavy atom. The second kappa shape index (κ2) is 4.23. The number of fused-ring (bicyclic) bond motifs is 1. The third-order valence-electron chi connectivity index (χ3n) is 1.99. The van der Waals surface area contributed by atoms with Gasteiger partial charge in [0.1, 0.15) is 4.47 Å². The van der Waals surface area contributed by atoms with E-state index in [2.05, 4.69) is 30.6 Å². The summed E-state index contributed by atoms with van der Waals surface area (Å²) >= 11 is 2.54. The highest BCUT2D eigenvalue weighted by atomic mass is 79.9. The van der Waals surface area contributed by atoms with Gasteiger partial charge in [-0.25, -0.2) is 4.98 Å². The highest BCUT2D eigenvalue weighted by Gasteiger charge is 2.37. The van der Waals surface area contributed by atoms with Crippen LogP contribution in [0.1, 0.15) is 9.81 Å². The Morgan fingerprint density at radius 1 is 1.50 bits per heavy atom. The van der Waals surface area contributed by atoms with Gasteiger partial charge in [0, 0.05) is 12.3 Å². The summed E-state index contributed by atoms with van der Waals surface area (Å²) in [6, 6.07) is 1.03. The molecule has 0 unspecified atom stereocenters. The molecule has 0 saturated carbocycles. The number of methoxy groups -OCH3 is 1. The first-order chi connectivity index (χ1) is 9.49. The second-order valence-electron chi connectivity index (χ2n) is 3.12. The fourth-order valence-corrected chi connectivity index (χ4v) is 1.74. The number of rotatable bonds is 1. The third kappa shape index (κ3) is 2.05. The molecule has 0 radical (unpaired) electrons. The Balaban J connectivity index is 2.67. The van der Waals surface area contributed by atoms with Gasteiger partial charge >= 0.3 is 6.18 Å². The van der Waals surface area contributed by atoms with E-state index < -0.39 is 40.6 Å². The molecule has 18 heavy (non-hydrogen) atoms. The van der Waals surface area contributed by atoms with Gasteiger partial charge in [-0.3, -0.25) is 9.20 Å². The van der Waals surface area contributed by atoms with Crippen molar-refractivity contribution in [2.75, 3.05) is 7.04 Å². The normalized spacial score (nSPS) is 15.0. The first-order valence-corrected chi connectivity index (χ1v) is 5.13. The molecule has 5 nitrogen and oxygen atoms in total. The molecular formula is C9H5BrF3N3O2. The average Bonchev–Trinajstić information content (AvgIpc) is 2.30. The average molecular weight is 327 g/mol. The number of nitrogens with zero attached hydrogens (tertiary/aromatic N) is 3. The van der Waals surface area contributed by atoms with E-state index in [1.165, 1.54) is 0 Å². The van der Waals surface area contributed by atoms with Crippen molar-refractivity contribution in [3.63, 3.8) is 0 Å². The van der Waals surface area contributed by atoms with Gasteiger partial charge in [0.05, 0.1) is 11.2 Å². The summed E-state index contributed by atoms with van der Waals surface area (Å²) in [7, 11) is -2.83. The minimum atomic E-state index is -4.87. The van der Waals surface area contributed by atoms with Crippen LogP contribution in [0, 0.1) is 0 Å². The van der Waals surface area contributed by atoms with Crippen molar-refractivity contribution in [2.24, 2.45) is 0 Å². The molecule has 0 atom stereocenters. The van der Waals surface area contributed by atoms with E-state index in [0.29, 0.717) is 0 Å². The van der Waals surface area contributed by atoms with Crippen molar-refractivity contribution >= 4 is 21.7 Å². The molecule has 2 heterocycles. The molecule has 0 aliphatic carbocycles. The quantitative estimate of drug-likeness (QED) is 0.803. The first kappa shape index (κ1) is 9.31. The fraction of sp³-hybridized carbons (Fsp3) is 0.222. The largest absolute Gasteiger partial charge is 0.481 e. The Labute approximate surface area is 111 Å². The van der Waals surface area contributed by atoms with E-state index in [9.17, 15) is 18.0 Å². The van der Waals surface area contributed by atoms with Gasteiger partial charge in [0.2, 0.25) is 11.7 Å². The second-order valence-corrected chi connectivity index (χ2v) is 3.91. The molecule has 0 bridgehead atoms. The zero-order valence-electron chi connectivity index (χ0n) is 11.3. The highest BCUT2D eigenvalue weighted by molar-refractivity contribution is 9.10. The number of hydrogen-bond donors (Lipinski definition) is 0. The Bertz CT molecular complexity index is 760. The Kier molecular flexibility index (Phi) is 2.19. The lowest BCUT2D eigenvalue weighted by Crippen LogP contribution is -2.23. The molecule has 0 aliphatic heterocycles. The molecule has 0 amide bonds. The van der Waals surface area contributed by atoms with Crippen molar-refractivity contribution in [1.82, 2.24) is 14.4 Å². The number of ether oxygens (including phenoxy) is 1. The number of alkyl halides is 3. The fourth-order valence-electron chi connectivity index (χ4n) is 1.23. The van der Waals surface area contributed by atoms with Crippen LogP contribution in [-0.4, -0.2) is 21.4 Å². The molecule has 0 N–H and O–H groups in total. The summed E-state index contributed by atoms with van der Waals surface area (Å²) < 4.78 is 63.3. The van der Waals surface area contributed by atoms with Crippen LogP contribution >= 0.6 is 15.9 Å². The highest BCUT2D eigenvalue weighted by Crippen LogP contribution is 2.31. The van der Waals surface area contributed by atoms with E-state index in [-0.39, 0.29) is 0 Å². The maximum Gasteiger partial charge on any atom is 0.434 e. The number of hydrogen-bond acceptors (Lipinski definition) is 4. The van der Waals surface area contributed by atoms with Gasteiger partial charge in [-0.2, -0.15) is 18.2 Å². The van der Waals surface area contributed by atoms with Gasteiger partial charge < -0.3 is 4.74 Å². The van der Waals surface area contributed by atoms with Gasteiger partial charge in [0.15, 0.2) is 5.69 Å². The van der Waals surface area contributed by atoms with Crippen LogP contribution in [0.4, 0.5) is 13.2 Å². The van der Waals surface area contributed by atoms with Gasteiger partial charge in [-0.1, -0.05) is 0 Å². The maximum atomic E-state index is 12.7. The summed E-state index contributed by atoms with van der Waals surface area (Å²) in [5, 5.41) is 0. The molecule has 2 aromatic rings. The van der Waals surface area contributed by atoms with E-state index in [0.717, 1.165) is 16.7 Å². The zero-order chi connectivity index (χ0) is 16.0. The van der Waals surface area contributed by atoms with E-state index in [1.807, 2.05) is 0 Å². The third-order valence-corrected chi connectivity index (χ3v) is 2.71. The molecule has 2 rings (SSSR count). The van der Waals surface area contributed by atoms with Crippen LogP contribution in [0.3, 0.4) is 0 Å². The standard InChI is InChI=1S/C9H5BrF3N3O2/c1-18-4-2-3-16-7(17)5(10)6(9(11,12)13)15-8(16)14-4/h2-3H,1H3/i1D3. The molecule has 2 aromatic heterocycles. The molecular weight excluding hydrogens is 319 g/mol. The lowest BCUT2D eigenvalue weighted by atomic mass is 10.4. The van der Waals surface area contributed by atoms with Gasteiger partial charge in [-0.15, -0.1) is 0 Å². The smallest absolute Gasteiger partial charge is 0.434 e. The summed E-state index contributed by atoms with van der Waals surface area (Å²) in [5.41, 5.74) is -2.48. The predicted octanol–water partition coefficient (Wildman–Crippen LogP) is 1.88. The minimum Gasteiger partial charge on any atom is -0.481 e. The molecule has 96 valence electrons. The SMILES string of the molecule is [2H]C([2H])([2H])Oc1ccn2c(=O)c(Br)c(C(F)(F)F)nc2n1. The van der Waals surface area contributed by atoms with Crippen LogP contribution in [0.5, 0.6) is 5.88 Å². The Hall–Kier alpha value is -1.64. The number of halogens is 4. The minimum absolute atomic E-state index is 0.475. The number of aromatic nitrogens is 3. The van der Waals surface area contributed by atoms with Crippen molar-refractivity contribution in [3.8, 4) is 5.88 Å². The van der Waals surface area contributed by atoms with E-state index in [4.69, 9.17) is 4.11 Å². The van der Waals surface area contributed by atoms with Crippen LogP contribution in [0.15, 0.2) is 21.5 Å². The molecule has 0 aliphatic rings. The first-order valence-electron chi connectivity index (χ1n) is 5.84. The predicted molar refractivity (Wildman–Crippen MR) is 58.5 cm³/mol. The topological polar surface area (TPSA) is 56.5 Å². The van der Waals surface area contributed by atoms with Crippen molar-refractivity contribution in [2.45, 2.75) is 6.18 Å². The lowest BCUT2D eigenvalue weighted by Gasteiger charge is -2.09. The molecule has 0 saturated heterocycles. The van der Waals surface area contributed by atoms with Crippen LogP contribution in [0.2, 0.25) is 0 Å². The summed E-state index contributed by atoms with van der Waals surface area (Å²) in [6.45, 7) is 0. The molecule has 9 heteroatoms. The summed E-state index contributed by atoms with van der Waals surface area (Å²) in [4.78, 5) is 18.5. The Morgan fingerprint density at radius 3 is 2.83 bits per heavy atom. The molecule has 0 spiro atoms. The van der Waals surface area contributed by atoms with Crippen molar-refractivity contribution in [3.05, 3.63) is 32.8 Å². The zero-order valence-corrected chi connectivity index (χ0v) is 9.91. The lowest BCUT2D eigenvalue weighted by molar-refractivity contribution is -0.141. The maximum absolute atomic E-state index is 12.7. The van der Waals surface area contributed by atoms with Gasteiger partial charge in [0.25, 0.3) is 5.56 Å². The summed E-state index contributed by atoms with van der Waals surface area (Å²) in [5.74, 6) is -1.10. The van der Waals surface area contributed by atoms with Gasteiger partial charge in [-0.05, 0) is 15.9 Å². The van der Waals surface area contributed by atoms with Crippen LogP contribution in [0.25, 0.3) is 5.78 Å². The molecule has 0 aromatic carbocycles. The van der Waals surface area contributed by atoms with Crippen LogP contribution < -0.4 is 10.3 Å². The van der Waals surface area contributed by atoms with E-state index in [1.54, 1.807) is 0 Å². The van der Waals surface area contributed by atoms with Crippen molar-refractivity contribution in [1.29, 1.82) is 0 Å². The monoisotopic (exact) mass is 326 g/mol. The van der Waals surface area contributed by atoms with Crippen LogP contribution in [-0.2, 0) is 6.18 Å². The van der Waals surface area contributed by atoms with E-state index >= 15 is 0 Å².